The van der Waals surface area contributed by atoms with Gasteiger partial charge in [-0.2, -0.15) is 0 Å². The maximum Gasteiger partial charge on any atom is 0.139 e. The van der Waals surface area contributed by atoms with Gasteiger partial charge in [0, 0.05) is 18.8 Å². The lowest BCUT2D eigenvalue weighted by Crippen LogP contribution is -2.37. The highest BCUT2D eigenvalue weighted by Crippen LogP contribution is 2.30. The molecular formula is C17H26N4. The van der Waals surface area contributed by atoms with Crippen molar-refractivity contribution in [1.82, 2.24) is 4.98 Å². The van der Waals surface area contributed by atoms with E-state index in [0.717, 1.165) is 43.2 Å². The van der Waals surface area contributed by atoms with E-state index in [1.165, 1.54) is 43.4 Å². The predicted molar refractivity (Wildman–Crippen MR) is 87.1 cm³/mol. The van der Waals surface area contributed by atoms with Crippen molar-refractivity contribution < 1.29 is 0 Å². The topological polar surface area (TPSA) is 66.0 Å². The predicted octanol–water partition coefficient (Wildman–Crippen LogP) is 2.87. The highest BCUT2D eigenvalue weighted by atomic mass is 15.2. The lowest BCUT2D eigenvalue weighted by atomic mass is 9.93. The van der Waals surface area contributed by atoms with Crippen molar-refractivity contribution in [3.05, 3.63) is 22.9 Å². The molecular weight excluding hydrogens is 260 g/mol. The monoisotopic (exact) mass is 286 g/mol. The molecule has 1 aliphatic carbocycles. The molecule has 1 aromatic heterocycles. The molecule has 1 aliphatic heterocycles. The zero-order chi connectivity index (χ0) is 14.8. The number of aryl methyl sites for hydroxylation is 2. The minimum Gasteiger partial charge on any atom is -0.384 e. The summed E-state index contributed by atoms with van der Waals surface area (Å²) in [5.41, 5.74) is 9.22. The lowest BCUT2D eigenvalue weighted by molar-refractivity contribution is 0.402. The summed E-state index contributed by atoms with van der Waals surface area (Å²) >= 11 is 0. The Balaban J connectivity index is 1.97. The second kappa shape index (κ2) is 6.04. The van der Waals surface area contributed by atoms with E-state index in [9.17, 15) is 0 Å². The quantitative estimate of drug-likeness (QED) is 0.663. The minimum absolute atomic E-state index is 0.157. The van der Waals surface area contributed by atoms with Crippen LogP contribution in [0.15, 0.2) is 6.07 Å². The van der Waals surface area contributed by atoms with Gasteiger partial charge in [0.2, 0.25) is 0 Å². The summed E-state index contributed by atoms with van der Waals surface area (Å²) < 4.78 is 0. The molecule has 0 bridgehead atoms. The summed E-state index contributed by atoms with van der Waals surface area (Å²) in [6.45, 7) is 4.37. The third kappa shape index (κ3) is 2.89. The van der Waals surface area contributed by atoms with Gasteiger partial charge in [-0.15, -0.1) is 0 Å². The minimum atomic E-state index is 0.157. The van der Waals surface area contributed by atoms with Gasteiger partial charge in [-0.3, -0.25) is 5.41 Å². The summed E-state index contributed by atoms with van der Waals surface area (Å²) in [6.07, 6.45) is 8.37. The molecule has 3 N–H and O–H groups in total. The number of anilines is 1. The maximum atomic E-state index is 7.92. The van der Waals surface area contributed by atoms with Crippen molar-refractivity contribution in [3.8, 4) is 0 Å². The van der Waals surface area contributed by atoms with Gasteiger partial charge in [0.05, 0.1) is 5.56 Å². The van der Waals surface area contributed by atoms with Crippen molar-refractivity contribution in [1.29, 1.82) is 5.41 Å². The smallest absolute Gasteiger partial charge is 0.139 e. The molecule has 1 aromatic rings. The molecule has 0 saturated carbocycles. The van der Waals surface area contributed by atoms with Gasteiger partial charge in [-0.25, -0.2) is 4.98 Å². The molecule has 0 aromatic carbocycles. The Bertz CT molecular complexity index is 538. The number of amidine groups is 1. The Kier molecular flexibility index (Phi) is 4.13. The first-order chi connectivity index (χ1) is 10.2. The van der Waals surface area contributed by atoms with Crippen LogP contribution >= 0.6 is 0 Å². The van der Waals surface area contributed by atoms with Crippen LogP contribution in [-0.2, 0) is 12.8 Å². The summed E-state index contributed by atoms with van der Waals surface area (Å²) in [5.74, 6) is 1.86. The molecule has 2 aliphatic rings. The average Bonchev–Trinajstić information content (AvgIpc) is 2.53. The number of piperidine rings is 1. The largest absolute Gasteiger partial charge is 0.384 e. The van der Waals surface area contributed by atoms with Gasteiger partial charge >= 0.3 is 0 Å². The molecule has 114 valence electrons. The number of pyridine rings is 1. The second-order valence-electron chi connectivity index (χ2n) is 6.45. The molecule has 1 unspecified atom stereocenters. The van der Waals surface area contributed by atoms with E-state index in [0.29, 0.717) is 0 Å². The normalized spacial score (nSPS) is 22.0. The van der Waals surface area contributed by atoms with Gasteiger partial charge < -0.3 is 10.6 Å². The van der Waals surface area contributed by atoms with Gasteiger partial charge in [-0.1, -0.05) is 13.3 Å². The molecule has 0 spiro atoms. The van der Waals surface area contributed by atoms with E-state index in [-0.39, 0.29) is 5.84 Å². The van der Waals surface area contributed by atoms with Gasteiger partial charge in [0.15, 0.2) is 0 Å². The average molecular weight is 286 g/mol. The van der Waals surface area contributed by atoms with Crippen molar-refractivity contribution in [3.63, 3.8) is 0 Å². The van der Waals surface area contributed by atoms with Crippen LogP contribution in [0.25, 0.3) is 0 Å². The fourth-order valence-electron chi connectivity index (χ4n) is 3.65. The first-order valence-corrected chi connectivity index (χ1v) is 8.31. The number of nitrogens with two attached hydrogens (primary N) is 1. The highest BCUT2D eigenvalue weighted by Gasteiger charge is 2.24. The van der Waals surface area contributed by atoms with Crippen molar-refractivity contribution in [2.24, 2.45) is 11.7 Å². The van der Waals surface area contributed by atoms with Gasteiger partial charge in [0.1, 0.15) is 11.7 Å². The van der Waals surface area contributed by atoms with E-state index in [4.69, 9.17) is 16.1 Å². The molecule has 1 saturated heterocycles. The molecule has 1 atom stereocenters. The van der Waals surface area contributed by atoms with Crippen molar-refractivity contribution in [2.45, 2.75) is 51.9 Å². The Morgan fingerprint density at radius 3 is 2.95 bits per heavy atom. The molecule has 2 heterocycles. The van der Waals surface area contributed by atoms with Crippen LogP contribution in [0, 0.1) is 11.3 Å². The number of fused-ring (bicyclic) bond motifs is 1. The number of rotatable bonds is 3. The summed E-state index contributed by atoms with van der Waals surface area (Å²) in [6, 6.07) is 2.13. The van der Waals surface area contributed by atoms with Crippen LogP contribution in [0.3, 0.4) is 0 Å². The number of nitrogens with one attached hydrogen (secondary N) is 1. The molecule has 1 fully saturated rings. The molecule has 0 radical (unpaired) electrons. The Hall–Kier alpha value is -1.58. The van der Waals surface area contributed by atoms with Crippen LogP contribution in [0.2, 0.25) is 0 Å². The molecule has 4 nitrogen and oxygen atoms in total. The van der Waals surface area contributed by atoms with E-state index in [1.54, 1.807) is 0 Å². The van der Waals surface area contributed by atoms with E-state index in [1.807, 2.05) is 0 Å². The second-order valence-corrected chi connectivity index (χ2v) is 6.45. The van der Waals surface area contributed by atoms with Gasteiger partial charge in [0.25, 0.3) is 0 Å². The van der Waals surface area contributed by atoms with Crippen molar-refractivity contribution >= 4 is 11.7 Å². The summed E-state index contributed by atoms with van der Waals surface area (Å²) in [4.78, 5) is 7.30. The third-order valence-corrected chi connectivity index (χ3v) is 4.97. The Labute approximate surface area is 127 Å². The third-order valence-electron chi connectivity index (χ3n) is 4.97. The number of hydrogen-bond acceptors (Lipinski definition) is 3. The molecule has 3 rings (SSSR count). The van der Waals surface area contributed by atoms with Crippen LogP contribution < -0.4 is 10.6 Å². The molecule has 0 amide bonds. The summed E-state index contributed by atoms with van der Waals surface area (Å²) in [7, 11) is 0. The van der Waals surface area contributed by atoms with Crippen LogP contribution in [0.4, 0.5) is 5.82 Å². The number of nitrogens with zero attached hydrogens (tertiary/aromatic N) is 2. The number of nitrogen functional groups attached to an aromatic ring is 1. The van der Waals surface area contributed by atoms with Crippen molar-refractivity contribution in [2.75, 3.05) is 18.0 Å². The fourth-order valence-corrected chi connectivity index (χ4v) is 3.65. The highest BCUT2D eigenvalue weighted by molar-refractivity contribution is 5.99. The number of aromatic nitrogens is 1. The zero-order valence-corrected chi connectivity index (χ0v) is 13.0. The number of hydrogen-bond donors (Lipinski definition) is 2. The van der Waals surface area contributed by atoms with Gasteiger partial charge in [-0.05, 0) is 56.1 Å². The van der Waals surface area contributed by atoms with Crippen LogP contribution in [0.1, 0.15) is 55.8 Å². The van der Waals surface area contributed by atoms with E-state index < -0.39 is 0 Å². The molecule has 21 heavy (non-hydrogen) atoms. The lowest BCUT2D eigenvalue weighted by Gasteiger charge is -2.35. The van der Waals surface area contributed by atoms with Crippen LogP contribution in [-0.4, -0.2) is 23.9 Å². The molecule has 4 heteroatoms. The zero-order valence-electron chi connectivity index (χ0n) is 13.0. The Morgan fingerprint density at radius 2 is 2.19 bits per heavy atom. The van der Waals surface area contributed by atoms with E-state index >= 15 is 0 Å². The standard InChI is InChI=1S/C17H26N4/c1-2-12-6-5-9-21(11-12)17-14(16(18)19)10-13-7-3-4-8-15(13)20-17/h10,12H,2-9,11H2,1H3,(H3,18,19). The fraction of sp³-hybridized carbons (Fsp3) is 0.647. The Morgan fingerprint density at radius 1 is 1.38 bits per heavy atom. The first kappa shape index (κ1) is 14.4. The maximum absolute atomic E-state index is 7.92. The van der Waals surface area contributed by atoms with Crippen LogP contribution in [0.5, 0.6) is 0 Å². The summed E-state index contributed by atoms with van der Waals surface area (Å²) in [5, 5.41) is 7.92. The first-order valence-electron chi connectivity index (χ1n) is 8.31. The SMILES string of the molecule is CCC1CCCN(c2nc3c(cc2C(=N)N)CCCC3)C1. The van der Waals surface area contributed by atoms with E-state index in [2.05, 4.69) is 17.9 Å².